The lowest BCUT2D eigenvalue weighted by Crippen LogP contribution is -2.51. The summed E-state index contributed by atoms with van der Waals surface area (Å²) in [6.07, 6.45) is 1.23. The molecular formula is C20H16ClFN6O3S. The minimum Gasteiger partial charge on any atom is -0.389 e. The number of fused-ring (bicyclic) bond motifs is 1. The number of β-amino-alcohol motifs (C(OH)–C–C–N with tert-alkyl or cyclic N) is 1. The molecule has 2 aromatic carbocycles. The number of aliphatic hydroxyl groups excluding tert-OH is 1. The van der Waals surface area contributed by atoms with E-state index < -0.39 is 26.8 Å². The van der Waals surface area contributed by atoms with E-state index >= 15 is 0 Å². The number of nitrogens with one attached hydrogen (secondary N) is 2. The van der Waals surface area contributed by atoms with Gasteiger partial charge in [-0.15, -0.1) is 0 Å². The Bertz CT molecular complexity index is 1420. The molecule has 1 aliphatic heterocycles. The minimum absolute atomic E-state index is 0.110. The molecule has 5 rings (SSSR count). The van der Waals surface area contributed by atoms with Crippen LogP contribution in [0.3, 0.4) is 0 Å². The molecular weight excluding hydrogens is 459 g/mol. The van der Waals surface area contributed by atoms with Crippen LogP contribution < -0.4 is 9.62 Å². The van der Waals surface area contributed by atoms with Gasteiger partial charge in [-0.25, -0.2) is 22.8 Å². The summed E-state index contributed by atoms with van der Waals surface area (Å²) < 4.78 is 41.5. The standard InChI is InChI=1S/C20H16ClFN6O3S/c21-12-3-6-16(22)17(7-12)32(30,31)27-13-4-1-11(2-5-13)18-24-19-15(8-23-26-19)20(25-18)28-9-14(29)10-28/h1-8,14,27,29H,9-10H2,(H,23,24,25,26). The van der Waals surface area contributed by atoms with Gasteiger partial charge < -0.3 is 10.0 Å². The molecule has 0 spiro atoms. The lowest BCUT2D eigenvalue weighted by Gasteiger charge is -2.37. The van der Waals surface area contributed by atoms with Crippen LogP contribution in [0.25, 0.3) is 22.4 Å². The van der Waals surface area contributed by atoms with Crippen molar-refractivity contribution in [3.05, 3.63) is 59.5 Å². The van der Waals surface area contributed by atoms with Crippen molar-refractivity contribution in [1.82, 2.24) is 20.2 Å². The number of sulfonamides is 1. The molecule has 0 saturated carbocycles. The number of aromatic nitrogens is 4. The molecule has 2 aromatic heterocycles. The molecule has 164 valence electrons. The highest BCUT2D eigenvalue weighted by Gasteiger charge is 2.28. The van der Waals surface area contributed by atoms with E-state index in [0.29, 0.717) is 35.9 Å². The lowest BCUT2D eigenvalue weighted by molar-refractivity contribution is 0.141. The van der Waals surface area contributed by atoms with Crippen molar-refractivity contribution in [2.75, 3.05) is 22.7 Å². The number of aliphatic hydroxyl groups is 1. The third-order valence-corrected chi connectivity index (χ3v) is 6.66. The normalized spacial score (nSPS) is 14.5. The van der Waals surface area contributed by atoms with Gasteiger partial charge >= 0.3 is 0 Å². The van der Waals surface area contributed by atoms with Gasteiger partial charge in [-0.2, -0.15) is 5.10 Å². The van der Waals surface area contributed by atoms with Crippen LogP contribution in [0, 0.1) is 5.82 Å². The van der Waals surface area contributed by atoms with Crippen LogP contribution in [-0.2, 0) is 10.0 Å². The third-order valence-electron chi connectivity index (χ3n) is 5.03. The smallest absolute Gasteiger partial charge is 0.264 e. The largest absolute Gasteiger partial charge is 0.389 e. The van der Waals surface area contributed by atoms with Gasteiger partial charge in [-0.3, -0.25) is 9.82 Å². The molecule has 4 aromatic rings. The molecule has 1 saturated heterocycles. The van der Waals surface area contributed by atoms with Gasteiger partial charge in [-0.1, -0.05) is 11.6 Å². The van der Waals surface area contributed by atoms with Crippen molar-refractivity contribution in [2.45, 2.75) is 11.0 Å². The number of aromatic amines is 1. The quantitative estimate of drug-likeness (QED) is 0.406. The number of anilines is 2. The number of rotatable bonds is 5. The molecule has 0 atom stereocenters. The van der Waals surface area contributed by atoms with E-state index in [1.165, 1.54) is 18.2 Å². The van der Waals surface area contributed by atoms with Crippen LogP contribution in [0.15, 0.2) is 53.6 Å². The summed E-state index contributed by atoms with van der Waals surface area (Å²) in [4.78, 5) is 10.5. The van der Waals surface area contributed by atoms with Crippen molar-refractivity contribution >= 4 is 44.2 Å². The Morgan fingerprint density at radius 1 is 1.16 bits per heavy atom. The van der Waals surface area contributed by atoms with Crippen LogP contribution in [0.5, 0.6) is 0 Å². The number of benzene rings is 2. The first-order chi connectivity index (χ1) is 15.3. The summed E-state index contributed by atoms with van der Waals surface area (Å²) in [5.74, 6) is 0.169. The van der Waals surface area contributed by atoms with Gasteiger partial charge in [-0.05, 0) is 42.5 Å². The second kappa shape index (κ2) is 7.69. The maximum absolute atomic E-state index is 14.0. The first-order valence-electron chi connectivity index (χ1n) is 9.52. The number of nitrogens with zero attached hydrogens (tertiary/aromatic N) is 4. The maximum atomic E-state index is 14.0. The van der Waals surface area contributed by atoms with Gasteiger partial charge in [0, 0.05) is 29.4 Å². The summed E-state index contributed by atoms with van der Waals surface area (Å²) in [7, 11) is -4.17. The Labute approximate surface area is 186 Å². The van der Waals surface area contributed by atoms with Crippen molar-refractivity contribution in [2.24, 2.45) is 0 Å². The third kappa shape index (κ3) is 3.74. The van der Waals surface area contributed by atoms with Crippen molar-refractivity contribution in [1.29, 1.82) is 0 Å². The second-order valence-corrected chi connectivity index (χ2v) is 9.41. The van der Waals surface area contributed by atoms with Crippen LogP contribution >= 0.6 is 11.6 Å². The molecule has 12 heteroatoms. The zero-order chi connectivity index (χ0) is 22.5. The Balaban J connectivity index is 1.44. The summed E-state index contributed by atoms with van der Waals surface area (Å²) in [6, 6.07) is 9.69. The van der Waals surface area contributed by atoms with E-state index in [2.05, 4.69) is 24.9 Å². The average molecular weight is 475 g/mol. The van der Waals surface area contributed by atoms with Crippen molar-refractivity contribution in [3.63, 3.8) is 0 Å². The van der Waals surface area contributed by atoms with E-state index in [1.807, 2.05) is 4.90 Å². The van der Waals surface area contributed by atoms with Gasteiger partial charge in [0.05, 0.1) is 17.7 Å². The van der Waals surface area contributed by atoms with Gasteiger partial charge in [0.25, 0.3) is 10.0 Å². The molecule has 0 unspecified atom stereocenters. The fourth-order valence-corrected chi connectivity index (χ4v) is 4.80. The van der Waals surface area contributed by atoms with E-state index in [1.54, 1.807) is 18.3 Å². The topological polar surface area (TPSA) is 124 Å². The summed E-state index contributed by atoms with van der Waals surface area (Å²) >= 11 is 5.81. The molecule has 0 aliphatic carbocycles. The molecule has 1 fully saturated rings. The predicted molar refractivity (Wildman–Crippen MR) is 118 cm³/mol. The maximum Gasteiger partial charge on any atom is 0.264 e. The van der Waals surface area contributed by atoms with E-state index in [4.69, 9.17) is 11.6 Å². The SMILES string of the molecule is O=S(=O)(Nc1ccc(-c2nc(N3CC(O)C3)c3cn[nH]c3n2)cc1)c1cc(Cl)ccc1F. The highest BCUT2D eigenvalue weighted by Crippen LogP contribution is 2.30. The fourth-order valence-electron chi connectivity index (χ4n) is 3.40. The minimum atomic E-state index is -4.17. The molecule has 0 bridgehead atoms. The molecule has 3 heterocycles. The molecule has 0 amide bonds. The number of hydrogen-bond acceptors (Lipinski definition) is 7. The number of H-pyrrole nitrogens is 1. The molecule has 3 N–H and O–H groups in total. The first-order valence-corrected chi connectivity index (χ1v) is 11.4. The summed E-state index contributed by atoms with van der Waals surface area (Å²) in [5, 5.41) is 17.3. The van der Waals surface area contributed by atoms with Crippen molar-refractivity contribution < 1.29 is 17.9 Å². The van der Waals surface area contributed by atoms with Crippen LogP contribution in [0.4, 0.5) is 15.9 Å². The van der Waals surface area contributed by atoms with E-state index in [-0.39, 0.29) is 10.7 Å². The summed E-state index contributed by atoms with van der Waals surface area (Å²) in [5.41, 5.74) is 1.43. The molecule has 9 nitrogen and oxygen atoms in total. The predicted octanol–water partition coefficient (Wildman–Crippen LogP) is 2.79. The zero-order valence-electron chi connectivity index (χ0n) is 16.3. The van der Waals surface area contributed by atoms with Gasteiger partial charge in [0.1, 0.15) is 16.5 Å². The Morgan fingerprint density at radius 3 is 2.62 bits per heavy atom. The van der Waals surface area contributed by atoms with Crippen LogP contribution in [0.1, 0.15) is 0 Å². The first kappa shape index (κ1) is 20.6. The Hall–Kier alpha value is -3.28. The van der Waals surface area contributed by atoms with E-state index in [9.17, 15) is 17.9 Å². The number of hydrogen-bond donors (Lipinski definition) is 3. The van der Waals surface area contributed by atoms with Gasteiger partial charge in [0.2, 0.25) is 0 Å². The Morgan fingerprint density at radius 2 is 1.91 bits per heavy atom. The second-order valence-electron chi connectivity index (χ2n) is 7.32. The summed E-state index contributed by atoms with van der Waals surface area (Å²) in [6.45, 7) is 0.940. The van der Waals surface area contributed by atoms with Crippen molar-refractivity contribution in [3.8, 4) is 11.4 Å². The lowest BCUT2D eigenvalue weighted by atomic mass is 10.1. The highest BCUT2D eigenvalue weighted by atomic mass is 35.5. The van der Waals surface area contributed by atoms with E-state index in [0.717, 1.165) is 17.5 Å². The molecule has 1 aliphatic rings. The average Bonchev–Trinajstić information content (AvgIpc) is 3.21. The number of halogens is 2. The van der Waals surface area contributed by atoms with Crippen LogP contribution in [-0.4, -0.2) is 52.9 Å². The van der Waals surface area contributed by atoms with Crippen LogP contribution in [0.2, 0.25) is 5.02 Å². The van der Waals surface area contributed by atoms with Gasteiger partial charge in [0.15, 0.2) is 11.5 Å². The highest BCUT2D eigenvalue weighted by molar-refractivity contribution is 7.92. The Kier molecular flexibility index (Phi) is 4.96. The monoisotopic (exact) mass is 474 g/mol. The molecule has 32 heavy (non-hydrogen) atoms. The molecule has 0 radical (unpaired) electrons. The fraction of sp³-hybridized carbons (Fsp3) is 0.150. The zero-order valence-corrected chi connectivity index (χ0v) is 17.9.